The lowest BCUT2D eigenvalue weighted by molar-refractivity contribution is 0.0173. The van der Waals surface area contributed by atoms with Crippen LogP contribution in [0, 0.1) is 6.92 Å². The topological polar surface area (TPSA) is 58.6 Å². The maximum absolute atomic E-state index is 12.4. The largest absolute Gasteiger partial charge is 0.379 e. The van der Waals surface area contributed by atoms with E-state index >= 15 is 0 Å². The van der Waals surface area contributed by atoms with Crippen molar-refractivity contribution in [2.45, 2.75) is 13.0 Å². The van der Waals surface area contributed by atoms with Crippen LogP contribution in [0.4, 0.5) is 0 Å². The second-order valence-corrected chi connectivity index (χ2v) is 8.76. The first kappa shape index (κ1) is 19.3. The van der Waals surface area contributed by atoms with Crippen molar-refractivity contribution in [1.29, 1.82) is 0 Å². The molecule has 5 nitrogen and oxygen atoms in total. The standard InChI is InChI=1S/C19H24N2O3S2/c1-16-2-4-17(5-3-16)7-13-26(22,23)20-14-19(18-6-12-25-15-18)21-8-10-24-11-9-21/h2-7,12-13,15,19-20H,8-11,14H2,1H3/b13-7+/t19-/m1/s1. The van der Waals surface area contributed by atoms with Crippen LogP contribution in [0.3, 0.4) is 0 Å². The molecule has 26 heavy (non-hydrogen) atoms. The van der Waals surface area contributed by atoms with Gasteiger partial charge in [0.2, 0.25) is 10.0 Å². The summed E-state index contributed by atoms with van der Waals surface area (Å²) < 4.78 is 32.9. The van der Waals surface area contributed by atoms with E-state index in [9.17, 15) is 8.42 Å². The van der Waals surface area contributed by atoms with Gasteiger partial charge in [-0.25, -0.2) is 13.1 Å². The van der Waals surface area contributed by atoms with E-state index in [1.54, 1.807) is 17.4 Å². The summed E-state index contributed by atoms with van der Waals surface area (Å²) in [5, 5.41) is 5.34. The molecule has 0 bridgehead atoms. The van der Waals surface area contributed by atoms with Gasteiger partial charge in [-0.2, -0.15) is 11.3 Å². The molecule has 1 aromatic heterocycles. The third kappa shape index (κ3) is 5.49. The first-order chi connectivity index (χ1) is 12.5. The number of aryl methyl sites for hydroxylation is 1. The summed E-state index contributed by atoms with van der Waals surface area (Å²) in [5.41, 5.74) is 3.15. The second kappa shape index (κ2) is 8.92. The minimum Gasteiger partial charge on any atom is -0.379 e. The van der Waals surface area contributed by atoms with Crippen molar-refractivity contribution in [3.8, 4) is 0 Å². The Morgan fingerprint density at radius 2 is 1.96 bits per heavy atom. The molecule has 0 radical (unpaired) electrons. The van der Waals surface area contributed by atoms with Crippen LogP contribution < -0.4 is 4.72 Å². The van der Waals surface area contributed by atoms with E-state index in [4.69, 9.17) is 4.74 Å². The predicted octanol–water partition coefficient (Wildman–Crippen LogP) is 3.02. The summed E-state index contributed by atoms with van der Waals surface area (Å²) in [7, 11) is -3.50. The van der Waals surface area contributed by atoms with Crippen molar-refractivity contribution < 1.29 is 13.2 Å². The molecule has 0 unspecified atom stereocenters. The average Bonchev–Trinajstić information content (AvgIpc) is 3.17. The SMILES string of the molecule is Cc1ccc(/C=C/S(=O)(=O)NC[C@H](c2ccsc2)N2CCOCC2)cc1. The molecule has 2 heterocycles. The number of nitrogens with one attached hydrogen (secondary N) is 1. The zero-order valence-corrected chi connectivity index (χ0v) is 16.4. The van der Waals surface area contributed by atoms with Gasteiger partial charge < -0.3 is 4.74 Å². The minimum absolute atomic E-state index is 0.0210. The molecule has 0 amide bonds. The van der Waals surface area contributed by atoms with Gasteiger partial charge in [-0.3, -0.25) is 4.90 Å². The molecule has 7 heteroatoms. The van der Waals surface area contributed by atoms with Gasteiger partial charge in [0.05, 0.1) is 13.2 Å². The lowest BCUT2D eigenvalue weighted by Gasteiger charge is -2.34. The fourth-order valence-corrected chi connectivity index (χ4v) is 4.43. The Labute approximate surface area is 159 Å². The Bertz CT molecular complexity index is 809. The molecule has 2 aromatic rings. The zero-order valence-electron chi connectivity index (χ0n) is 14.8. The second-order valence-electron chi connectivity index (χ2n) is 6.33. The molecule has 1 aromatic carbocycles. The molecule has 0 aliphatic carbocycles. The van der Waals surface area contributed by atoms with E-state index < -0.39 is 10.0 Å². The first-order valence-corrected chi connectivity index (χ1v) is 11.1. The van der Waals surface area contributed by atoms with Crippen LogP contribution >= 0.6 is 11.3 Å². The van der Waals surface area contributed by atoms with Gasteiger partial charge in [-0.1, -0.05) is 29.8 Å². The fraction of sp³-hybridized carbons (Fsp3) is 0.368. The molecule has 1 aliphatic heterocycles. The summed E-state index contributed by atoms with van der Waals surface area (Å²) in [6.45, 7) is 5.32. The number of hydrogen-bond donors (Lipinski definition) is 1. The molecule has 3 rings (SSSR count). The molecular weight excluding hydrogens is 368 g/mol. The molecule has 1 N–H and O–H groups in total. The quantitative estimate of drug-likeness (QED) is 0.787. The molecular formula is C19H24N2O3S2. The van der Waals surface area contributed by atoms with Crippen LogP contribution in [0.2, 0.25) is 0 Å². The summed E-state index contributed by atoms with van der Waals surface area (Å²) in [5.74, 6) is 0. The van der Waals surface area contributed by atoms with Crippen molar-refractivity contribution in [2.75, 3.05) is 32.8 Å². The number of benzene rings is 1. The van der Waals surface area contributed by atoms with Crippen molar-refractivity contribution in [2.24, 2.45) is 0 Å². The number of morpholine rings is 1. The van der Waals surface area contributed by atoms with E-state index in [-0.39, 0.29) is 6.04 Å². The van der Waals surface area contributed by atoms with Gasteiger partial charge in [-0.05, 0) is 41.0 Å². The third-order valence-corrected chi connectivity index (χ3v) is 6.17. The molecule has 140 valence electrons. The van der Waals surface area contributed by atoms with Gasteiger partial charge in [-0.15, -0.1) is 0 Å². The minimum atomic E-state index is -3.50. The maximum atomic E-state index is 12.4. The number of rotatable bonds is 7. The van der Waals surface area contributed by atoms with E-state index in [0.717, 1.165) is 29.8 Å². The van der Waals surface area contributed by atoms with E-state index in [0.29, 0.717) is 19.8 Å². The third-order valence-electron chi connectivity index (χ3n) is 4.41. The maximum Gasteiger partial charge on any atom is 0.233 e. The lowest BCUT2D eigenvalue weighted by atomic mass is 10.1. The summed E-state index contributed by atoms with van der Waals surface area (Å²) in [6.07, 6.45) is 1.62. The highest BCUT2D eigenvalue weighted by atomic mass is 32.2. The summed E-state index contributed by atoms with van der Waals surface area (Å²) in [6, 6.07) is 9.82. The van der Waals surface area contributed by atoms with Gasteiger partial charge in [0.1, 0.15) is 0 Å². The fourth-order valence-electron chi connectivity index (χ4n) is 2.90. The van der Waals surface area contributed by atoms with E-state index in [1.807, 2.05) is 36.6 Å². The Balaban J connectivity index is 1.66. The Kier molecular flexibility index (Phi) is 6.61. The smallest absolute Gasteiger partial charge is 0.233 e. The zero-order chi connectivity index (χ0) is 18.4. The molecule has 0 spiro atoms. The Morgan fingerprint density at radius 1 is 1.23 bits per heavy atom. The highest BCUT2D eigenvalue weighted by Crippen LogP contribution is 2.23. The molecule has 1 fully saturated rings. The van der Waals surface area contributed by atoms with Crippen LogP contribution in [0.25, 0.3) is 6.08 Å². The lowest BCUT2D eigenvalue weighted by Crippen LogP contribution is -2.43. The van der Waals surface area contributed by atoms with Crippen LogP contribution in [-0.2, 0) is 14.8 Å². The Hall–Kier alpha value is -1.51. The predicted molar refractivity (Wildman–Crippen MR) is 107 cm³/mol. The molecule has 1 atom stereocenters. The van der Waals surface area contributed by atoms with Gasteiger partial charge in [0.25, 0.3) is 0 Å². The number of thiophene rings is 1. The van der Waals surface area contributed by atoms with Crippen LogP contribution in [-0.4, -0.2) is 46.2 Å². The summed E-state index contributed by atoms with van der Waals surface area (Å²) in [4.78, 5) is 2.28. The number of sulfonamides is 1. The molecule has 1 saturated heterocycles. The number of hydrogen-bond acceptors (Lipinski definition) is 5. The van der Waals surface area contributed by atoms with E-state index in [1.165, 1.54) is 5.41 Å². The van der Waals surface area contributed by atoms with Crippen LogP contribution in [0.1, 0.15) is 22.7 Å². The molecule has 1 aliphatic rings. The van der Waals surface area contributed by atoms with Crippen molar-refractivity contribution in [3.63, 3.8) is 0 Å². The number of nitrogens with zero attached hydrogens (tertiary/aromatic N) is 1. The normalized spacial score (nSPS) is 17.6. The first-order valence-electron chi connectivity index (χ1n) is 8.62. The highest BCUT2D eigenvalue weighted by Gasteiger charge is 2.24. The Morgan fingerprint density at radius 3 is 2.62 bits per heavy atom. The average molecular weight is 393 g/mol. The summed E-state index contributed by atoms with van der Waals surface area (Å²) >= 11 is 1.62. The number of ether oxygens (including phenoxy) is 1. The monoisotopic (exact) mass is 392 g/mol. The van der Waals surface area contributed by atoms with Gasteiger partial charge >= 0.3 is 0 Å². The van der Waals surface area contributed by atoms with Crippen LogP contribution in [0.5, 0.6) is 0 Å². The van der Waals surface area contributed by atoms with Crippen molar-refractivity contribution >= 4 is 27.4 Å². The van der Waals surface area contributed by atoms with Crippen molar-refractivity contribution in [1.82, 2.24) is 9.62 Å². The van der Waals surface area contributed by atoms with Gasteiger partial charge in [0, 0.05) is 31.1 Å². The van der Waals surface area contributed by atoms with Gasteiger partial charge in [0.15, 0.2) is 0 Å². The van der Waals surface area contributed by atoms with Crippen LogP contribution in [0.15, 0.2) is 46.5 Å². The highest BCUT2D eigenvalue weighted by molar-refractivity contribution is 7.92. The molecule has 0 saturated carbocycles. The van der Waals surface area contributed by atoms with Crippen molar-refractivity contribution in [3.05, 3.63) is 63.2 Å². The van der Waals surface area contributed by atoms with E-state index in [2.05, 4.69) is 21.1 Å².